The molecule has 0 radical (unpaired) electrons. The molecule has 0 saturated carbocycles. The molecule has 29 heavy (non-hydrogen) atoms. The highest BCUT2D eigenvalue weighted by Crippen LogP contribution is 2.19. The van der Waals surface area contributed by atoms with E-state index in [0.29, 0.717) is 18.7 Å². The highest BCUT2D eigenvalue weighted by atomic mass is 32.2. The van der Waals surface area contributed by atoms with Crippen LogP contribution in [-0.4, -0.2) is 44.2 Å². The van der Waals surface area contributed by atoms with Crippen LogP contribution >= 0.6 is 0 Å². The number of benzene rings is 2. The number of hydrogen-bond acceptors (Lipinski definition) is 5. The van der Waals surface area contributed by atoms with Gasteiger partial charge in [0.2, 0.25) is 15.8 Å². The van der Waals surface area contributed by atoms with Gasteiger partial charge in [-0.25, -0.2) is 13.2 Å². The quantitative estimate of drug-likeness (QED) is 0.483. The van der Waals surface area contributed by atoms with Crippen molar-refractivity contribution in [3.05, 3.63) is 64.2 Å². The van der Waals surface area contributed by atoms with Crippen LogP contribution in [0.15, 0.2) is 41.3 Å². The van der Waals surface area contributed by atoms with Gasteiger partial charge >= 0.3 is 5.97 Å². The summed E-state index contributed by atoms with van der Waals surface area (Å²) in [6.45, 7) is 9.47. The summed E-state index contributed by atoms with van der Waals surface area (Å²) in [7, 11) is -3.69. The average Bonchev–Trinajstić information content (AvgIpc) is 2.69. The van der Waals surface area contributed by atoms with E-state index < -0.39 is 22.6 Å². The lowest BCUT2D eigenvalue weighted by Crippen LogP contribution is -2.30. The summed E-state index contributed by atoms with van der Waals surface area (Å²) < 4.78 is 31.7. The zero-order valence-electron chi connectivity index (χ0n) is 17.5. The summed E-state index contributed by atoms with van der Waals surface area (Å²) >= 11 is 0. The molecule has 0 N–H and O–H groups in total. The molecule has 0 saturated heterocycles. The van der Waals surface area contributed by atoms with Gasteiger partial charge in [-0.3, -0.25) is 4.79 Å². The van der Waals surface area contributed by atoms with E-state index in [1.54, 1.807) is 19.9 Å². The molecule has 2 aromatic rings. The van der Waals surface area contributed by atoms with Gasteiger partial charge in [0.15, 0.2) is 6.61 Å². The molecule has 156 valence electrons. The fraction of sp³-hybridized carbons (Fsp3) is 0.364. The van der Waals surface area contributed by atoms with Crippen molar-refractivity contribution in [1.29, 1.82) is 0 Å². The number of nitrogens with zero attached hydrogens (tertiary/aromatic N) is 1. The van der Waals surface area contributed by atoms with Crippen molar-refractivity contribution in [3.63, 3.8) is 0 Å². The van der Waals surface area contributed by atoms with Gasteiger partial charge in [0.05, 0.1) is 10.5 Å². The van der Waals surface area contributed by atoms with Crippen LogP contribution in [0.5, 0.6) is 0 Å². The van der Waals surface area contributed by atoms with Gasteiger partial charge in [-0.1, -0.05) is 26.0 Å². The van der Waals surface area contributed by atoms with Crippen molar-refractivity contribution in [2.24, 2.45) is 0 Å². The minimum atomic E-state index is -3.69. The van der Waals surface area contributed by atoms with Crippen LogP contribution in [0.2, 0.25) is 0 Å². The third kappa shape index (κ3) is 5.10. The van der Waals surface area contributed by atoms with Crippen LogP contribution in [0.25, 0.3) is 0 Å². The Bertz CT molecular complexity index is 1020. The van der Waals surface area contributed by atoms with Gasteiger partial charge in [-0.15, -0.1) is 0 Å². The minimum absolute atomic E-state index is 0.0204. The smallest absolute Gasteiger partial charge is 0.338 e. The number of esters is 1. The number of carbonyl (C=O) groups excluding carboxylic acids is 2. The van der Waals surface area contributed by atoms with Crippen LogP contribution in [0, 0.1) is 20.8 Å². The second-order valence-corrected chi connectivity index (χ2v) is 8.81. The molecule has 0 aliphatic heterocycles. The van der Waals surface area contributed by atoms with E-state index in [1.807, 2.05) is 26.8 Å². The van der Waals surface area contributed by atoms with E-state index in [4.69, 9.17) is 4.74 Å². The van der Waals surface area contributed by atoms with E-state index in [9.17, 15) is 18.0 Å². The molecule has 0 unspecified atom stereocenters. The molecule has 2 rings (SSSR count). The van der Waals surface area contributed by atoms with Gasteiger partial charge in [-0.05, 0) is 61.7 Å². The first-order valence-corrected chi connectivity index (χ1v) is 10.9. The highest BCUT2D eigenvalue weighted by Gasteiger charge is 2.23. The third-order valence-electron chi connectivity index (χ3n) is 4.89. The maximum Gasteiger partial charge on any atom is 0.338 e. The second kappa shape index (κ2) is 9.33. The topological polar surface area (TPSA) is 80.8 Å². The number of ketones is 1. The predicted octanol–water partition coefficient (Wildman–Crippen LogP) is 3.68. The largest absolute Gasteiger partial charge is 0.454 e. The maximum atomic E-state index is 12.6. The van der Waals surface area contributed by atoms with Crippen molar-refractivity contribution in [2.45, 2.75) is 39.5 Å². The zero-order valence-corrected chi connectivity index (χ0v) is 18.3. The molecule has 0 bridgehead atoms. The summed E-state index contributed by atoms with van der Waals surface area (Å²) in [6.07, 6.45) is 0. The van der Waals surface area contributed by atoms with Crippen LogP contribution < -0.4 is 0 Å². The Kier molecular flexibility index (Phi) is 7.32. The Morgan fingerprint density at radius 1 is 0.931 bits per heavy atom. The third-order valence-corrected chi connectivity index (χ3v) is 6.93. The monoisotopic (exact) mass is 417 g/mol. The number of carbonyl (C=O) groups is 2. The molecule has 2 aromatic carbocycles. The number of Topliss-reactive ketones (excluding diaryl/α,β-unsaturated/α-hetero) is 1. The van der Waals surface area contributed by atoms with Gasteiger partial charge in [0.25, 0.3) is 0 Å². The second-order valence-electron chi connectivity index (χ2n) is 6.87. The van der Waals surface area contributed by atoms with Crippen molar-refractivity contribution < 1.29 is 22.7 Å². The Labute approximate surface area is 172 Å². The van der Waals surface area contributed by atoms with Gasteiger partial charge < -0.3 is 4.74 Å². The molecule has 7 heteroatoms. The number of sulfonamides is 1. The summed E-state index contributed by atoms with van der Waals surface area (Å²) in [5, 5.41) is 0. The van der Waals surface area contributed by atoms with E-state index in [-0.39, 0.29) is 16.2 Å². The number of hydrogen-bond donors (Lipinski definition) is 0. The number of ether oxygens (including phenoxy) is 1. The maximum absolute atomic E-state index is 12.6. The molecule has 0 amide bonds. The fourth-order valence-corrected chi connectivity index (χ4v) is 4.55. The van der Waals surface area contributed by atoms with E-state index in [0.717, 1.165) is 16.7 Å². The molecule has 0 atom stereocenters. The lowest BCUT2D eigenvalue weighted by Gasteiger charge is -2.18. The Morgan fingerprint density at radius 2 is 1.55 bits per heavy atom. The standard InChI is InChI=1S/C22H27NO5S/c1-6-23(7-2)29(26,27)19-10-8-9-18(13-19)22(25)28-14-21(24)20-12-16(4)15(3)11-17(20)5/h8-13H,6-7,14H2,1-5H3. The van der Waals surface area contributed by atoms with Crippen molar-refractivity contribution in [2.75, 3.05) is 19.7 Å². The number of aryl methyl sites for hydroxylation is 3. The molecule has 0 aliphatic carbocycles. The summed E-state index contributed by atoms with van der Waals surface area (Å²) in [6, 6.07) is 9.39. The first-order valence-electron chi connectivity index (χ1n) is 9.50. The van der Waals surface area contributed by atoms with Gasteiger partial charge in [-0.2, -0.15) is 4.31 Å². The molecule has 6 nitrogen and oxygen atoms in total. The zero-order chi connectivity index (χ0) is 21.8. The lowest BCUT2D eigenvalue weighted by atomic mass is 9.98. The van der Waals surface area contributed by atoms with Gasteiger partial charge in [0, 0.05) is 18.7 Å². The average molecular weight is 418 g/mol. The van der Waals surface area contributed by atoms with Gasteiger partial charge in [0.1, 0.15) is 0 Å². The van der Waals surface area contributed by atoms with Crippen LogP contribution in [0.4, 0.5) is 0 Å². The van der Waals surface area contributed by atoms with E-state index in [1.165, 1.54) is 28.6 Å². The summed E-state index contributed by atoms with van der Waals surface area (Å²) in [4.78, 5) is 24.9. The Balaban J connectivity index is 2.16. The van der Waals surface area contributed by atoms with Crippen molar-refractivity contribution in [3.8, 4) is 0 Å². The van der Waals surface area contributed by atoms with Crippen LogP contribution in [0.3, 0.4) is 0 Å². The number of rotatable bonds is 8. The molecule has 0 fully saturated rings. The Hall–Kier alpha value is -2.51. The van der Waals surface area contributed by atoms with Crippen molar-refractivity contribution >= 4 is 21.8 Å². The fourth-order valence-electron chi connectivity index (χ4n) is 3.05. The molecular formula is C22H27NO5S. The predicted molar refractivity (Wildman–Crippen MR) is 112 cm³/mol. The molecule has 0 spiro atoms. The molecule has 0 aliphatic rings. The normalized spacial score (nSPS) is 11.5. The first-order chi connectivity index (χ1) is 13.6. The minimum Gasteiger partial charge on any atom is -0.454 e. The Morgan fingerprint density at radius 3 is 2.17 bits per heavy atom. The first kappa shape index (κ1) is 22.8. The highest BCUT2D eigenvalue weighted by molar-refractivity contribution is 7.89. The summed E-state index contributed by atoms with van der Waals surface area (Å²) in [5.41, 5.74) is 3.49. The van der Waals surface area contributed by atoms with Crippen LogP contribution in [0.1, 0.15) is 51.3 Å². The van der Waals surface area contributed by atoms with E-state index in [2.05, 4.69) is 0 Å². The molecular weight excluding hydrogens is 390 g/mol. The summed E-state index contributed by atoms with van der Waals surface area (Å²) in [5.74, 6) is -1.04. The molecule has 0 aromatic heterocycles. The van der Waals surface area contributed by atoms with E-state index >= 15 is 0 Å². The SMILES string of the molecule is CCN(CC)S(=O)(=O)c1cccc(C(=O)OCC(=O)c2cc(C)c(C)cc2C)c1. The molecule has 0 heterocycles. The lowest BCUT2D eigenvalue weighted by molar-refractivity contribution is 0.0474. The van der Waals surface area contributed by atoms with Crippen molar-refractivity contribution in [1.82, 2.24) is 4.31 Å². The van der Waals surface area contributed by atoms with Crippen LogP contribution in [-0.2, 0) is 14.8 Å².